The average molecular weight is 431 g/mol. The second kappa shape index (κ2) is 11.5. The number of hydrogen-bond acceptors (Lipinski definition) is 6. The molecule has 11 heteroatoms. The molecule has 3 amide bonds. The van der Waals surface area contributed by atoms with Gasteiger partial charge in [0.2, 0.25) is 5.91 Å². The van der Waals surface area contributed by atoms with Gasteiger partial charge in [-0.15, -0.1) is 0 Å². The van der Waals surface area contributed by atoms with Crippen LogP contribution in [-0.4, -0.2) is 89.2 Å². The molecule has 1 atom stereocenters. The maximum Gasteiger partial charge on any atom is 0.414 e. The van der Waals surface area contributed by atoms with Gasteiger partial charge in [-0.3, -0.25) is 9.69 Å². The predicted molar refractivity (Wildman–Crippen MR) is 109 cm³/mol. The third-order valence-electron chi connectivity index (χ3n) is 4.90. The SMILES string of the molecule is N#CC1CCCN1C(=O)CNCCN1CCN(c2ccccc2)C1=O.O=C(O)C(=O)O. The molecule has 1 unspecified atom stereocenters. The van der Waals surface area contributed by atoms with Crippen LogP contribution in [0.2, 0.25) is 0 Å². The van der Waals surface area contributed by atoms with E-state index >= 15 is 0 Å². The highest BCUT2D eigenvalue weighted by Crippen LogP contribution is 2.19. The first kappa shape index (κ1) is 23.6. The van der Waals surface area contributed by atoms with E-state index in [2.05, 4.69) is 11.4 Å². The molecule has 0 spiro atoms. The topological polar surface area (TPSA) is 154 Å². The van der Waals surface area contributed by atoms with Crippen LogP contribution in [0.5, 0.6) is 0 Å². The van der Waals surface area contributed by atoms with Crippen LogP contribution < -0.4 is 10.2 Å². The number of nitrogens with zero attached hydrogens (tertiary/aromatic N) is 4. The maximum absolute atomic E-state index is 12.4. The molecule has 2 fully saturated rings. The molecular formula is C20H25N5O6. The van der Waals surface area contributed by atoms with E-state index in [0.29, 0.717) is 32.7 Å². The molecule has 0 aromatic heterocycles. The summed E-state index contributed by atoms with van der Waals surface area (Å²) in [5, 5.41) is 26.9. The molecule has 11 nitrogen and oxygen atoms in total. The smallest absolute Gasteiger partial charge is 0.414 e. The quantitative estimate of drug-likeness (QED) is 0.426. The molecule has 3 rings (SSSR count). The molecular weight excluding hydrogens is 406 g/mol. The normalized spacial score (nSPS) is 17.7. The van der Waals surface area contributed by atoms with Crippen molar-refractivity contribution in [3.8, 4) is 6.07 Å². The second-order valence-corrected chi connectivity index (χ2v) is 6.92. The number of amides is 3. The summed E-state index contributed by atoms with van der Waals surface area (Å²) in [5.41, 5.74) is 0.912. The van der Waals surface area contributed by atoms with Gasteiger partial charge in [-0.25, -0.2) is 14.4 Å². The Morgan fingerprint density at radius 2 is 1.77 bits per heavy atom. The number of urea groups is 1. The van der Waals surface area contributed by atoms with Crippen molar-refractivity contribution < 1.29 is 29.4 Å². The van der Waals surface area contributed by atoms with Crippen molar-refractivity contribution in [1.29, 1.82) is 5.26 Å². The van der Waals surface area contributed by atoms with Crippen molar-refractivity contribution in [3.63, 3.8) is 0 Å². The summed E-state index contributed by atoms with van der Waals surface area (Å²) in [5.74, 6) is -3.69. The van der Waals surface area contributed by atoms with E-state index in [-0.39, 0.29) is 24.5 Å². The zero-order valence-corrected chi connectivity index (χ0v) is 16.9. The molecule has 0 bridgehead atoms. The summed E-state index contributed by atoms with van der Waals surface area (Å²) >= 11 is 0. The molecule has 2 aliphatic heterocycles. The van der Waals surface area contributed by atoms with E-state index < -0.39 is 11.9 Å². The number of hydrogen-bond donors (Lipinski definition) is 3. The van der Waals surface area contributed by atoms with Crippen LogP contribution in [0.25, 0.3) is 0 Å². The number of benzene rings is 1. The lowest BCUT2D eigenvalue weighted by Crippen LogP contribution is -2.43. The standard InChI is InChI=1S/C18H23N5O2.C2H2O4/c19-13-16-7-4-9-22(16)17(24)14-20-8-10-21-11-12-23(18(21)25)15-5-2-1-3-6-15;3-1(4)2(5)6/h1-3,5-6,16,20H,4,7-12,14H2;(H,3,4)(H,5,6). The summed E-state index contributed by atoms with van der Waals surface area (Å²) in [4.78, 5) is 48.0. The van der Waals surface area contributed by atoms with Gasteiger partial charge in [0.05, 0.1) is 12.6 Å². The summed E-state index contributed by atoms with van der Waals surface area (Å²) < 4.78 is 0. The fourth-order valence-electron chi connectivity index (χ4n) is 3.35. The second-order valence-electron chi connectivity index (χ2n) is 6.92. The molecule has 0 saturated carbocycles. The first-order chi connectivity index (χ1) is 14.8. The Kier molecular flexibility index (Phi) is 8.78. The lowest BCUT2D eigenvalue weighted by molar-refractivity contribution is -0.159. The highest BCUT2D eigenvalue weighted by Gasteiger charge is 2.30. The summed E-state index contributed by atoms with van der Waals surface area (Å²) in [6.45, 7) is 3.37. The first-order valence-electron chi connectivity index (χ1n) is 9.82. The molecule has 31 heavy (non-hydrogen) atoms. The Labute approximate surface area is 179 Å². The number of carbonyl (C=O) groups excluding carboxylic acids is 2. The monoisotopic (exact) mass is 431 g/mol. The van der Waals surface area contributed by atoms with E-state index in [0.717, 1.165) is 18.5 Å². The van der Waals surface area contributed by atoms with E-state index in [9.17, 15) is 9.59 Å². The van der Waals surface area contributed by atoms with Gasteiger partial charge in [-0.05, 0) is 25.0 Å². The van der Waals surface area contributed by atoms with Crippen molar-refractivity contribution in [3.05, 3.63) is 30.3 Å². The van der Waals surface area contributed by atoms with E-state index in [1.807, 2.05) is 30.3 Å². The van der Waals surface area contributed by atoms with Crippen LogP contribution in [0, 0.1) is 11.3 Å². The third-order valence-corrected chi connectivity index (χ3v) is 4.90. The Balaban J connectivity index is 0.000000501. The van der Waals surface area contributed by atoms with Crippen molar-refractivity contribution in [2.45, 2.75) is 18.9 Å². The number of likely N-dealkylation sites (tertiary alicyclic amines) is 1. The van der Waals surface area contributed by atoms with Gasteiger partial charge in [0.1, 0.15) is 6.04 Å². The number of nitrogens with one attached hydrogen (secondary N) is 1. The average Bonchev–Trinajstić information content (AvgIpc) is 3.39. The van der Waals surface area contributed by atoms with Crippen LogP contribution in [0.3, 0.4) is 0 Å². The van der Waals surface area contributed by atoms with Crippen LogP contribution in [-0.2, 0) is 14.4 Å². The van der Waals surface area contributed by atoms with Crippen molar-refractivity contribution in [2.75, 3.05) is 44.2 Å². The van der Waals surface area contributed by atoms with E-state index in [1.54, 1.807) is 14.7 Å². The molecule has 1 aromatic rings. The minimum absolute atomic E-state index is 0.00316. The molecule has 1 aromatic carbocycles. The highest BCUT2D eigenvalue weighted by molar-refractivity contribution is 6.27. The highest BCUT2D eigenvalue weighted by atomic mass is 16.4. The van der Waals surface area contributed by atoms with E-state index in [4.69, 9.17) is 25.1 Å². The third kappa shape index (κ3) is 6.68. The minimum atomic E-state index is -1.82. The van der Waals surface area contributed by atoms with Crippen LogP contribution in [0.4, 0.5) is 10.5 Å². The number of carboxylic acids is 2. The van der Waals surface area contributed by atoms with Crippen molar-refractivity contribution >= 4 is 29.6 Å². The number of carboxylic acid groups (broad SMARTS) is 2. The van der Waals surface area contributed by atoms with Gasteiger partial charge in [0, 0.05) is 38.4 Å². The van der Waals surface area contributed by atoms with Gasteiger partial charge in [-0.2, -0.15) is 5.26 Å². The number of anilines is 1. The Morgan fingerprint density at radius 3 is 2.39 bits per heavy atom. The molecule has 2 saturated heterocycles. The fraction of sp³-hybridized carbons (Fsp3) is 0.450. The summed E-state index contributed by atoms with van der Waals surface area (Å²) in [7, 11) is 0. The van der Waals surface area contributed by atoms with Crippen LogP contribution >= 0.6 is 0 Å². The van der Waals surface area contributed by atoms with Gasteiger partial charge in [-0.1, -0.05) is 18.2 Å². The van der Waals surface area contributed by atoms with Gasteiger partial charge in [0.15, 0.2) is 0 Å². The van der Waals surface area contributed by atoms with Crippen molar-refractivity contribution in [2.24, 2.45) is 0 Å². The number of aliphatic carboxylic acids is 2. The number of para-hydroxylation sites is 1. The largest absolute Gasteiger partial charge is 0.473 e. The summed E-state index contributed by atoms with van der Waals surface area (Å²) in [6, 6.07) is 11.5. The van der Waals surface area contributed by atoms with Crippen molar-refractivity contribution in [1.82, 2.24) is 15.1 Å². The fourth-order valence-corrected chi connectivity index (χ4v) is 3.35. The Bertz CT molecular complexity index is 828. The zero-order chi connectivity index (χ0) is 22.8. The van der Waals surface area contributed by atoms with Crippen LogP contribution in [0.15, 0.2) is 30.3 Å². The Hall–Kier alpha value is -3.65. The van der Waals surface area contributed by atoms with Gasteiger partial charge < -0.3 is 25.3 Å². The Morgan fingerprint density at radius 1 is 1.10 bits per heavy atom. The minimum Gasteiger partial charge on any atom is -0.473 e. The molecule has 0 radical (unpaired) electrons. The molecule has 166 valence electrons. The molecule has 0 aliphatic carbocycles. The van der Waals surface area contributed by atoms with Gasteiger partial charge in [0.25, 0.3) is 0 Å². The summed E-state index contributed by atoms with van der Waals surface area (Å²) in [6.07, 6.45) is 1.65. The number of carbonyl (C=O) groups is 4. The van der Waals surface area contributed by atoms with Crippen LogP contribution in [0.1, 0.15) is 12.8 Å². The first-order valence-corrected chi connectivity index (χ1v) is 9.82. The number of rotatable bonds is 6. The predicted octanol–water partition coefficient (Wildman–Crippen LogP) is 0.188. The molecule has 3 N–H and O–H groups in total. The lowest BCUT2D eigenvalue weighted by Gasteiger charge is -2.21. The van der Waals surface area contributed by atoms with E-state index in [1.165, 1.54) is 0 Å². The maximum atomic E-state index is 12.4. The molecule has 2 aliphatic rings. The lowest BCUT2D eigenvalue weighted by atomic mass is 10.2. The zero-order valence-electron chi connectivity index (χ0n) is 16.9. The van der Waals surface area contributed by atoms with Gasteiger partial charge >= 0.3 is 18.0 Å². The molecule has 2 heterocycles. The number of nitriles is 1.